The maximum Gasteiger partial charge on any atom is 0.244 e. The molecule has 1 atom stereocenters. The molecule has 6 heteroatoms. The zero-order valence-corrected chi connectivity index (χ0v) is 18.9. The summed E-state index contributed by atoms with van der Waals surface area (Å²) >= 11 is 0. The number of imidazole rings is 2. The van der Waals surface area contributed by atoms with Crippen LogP contribution in [0.3, 0.4) is 0 Å². The molecular weight excluding hydrogens is 514 g/mol. The quantitative estimate of drug-likeness (QED) is 0.233. The van der Waals surface area contributed by atoms with Crippen molar-refractivity contribution in [1.82, 2.24) is 9.13 Å². The first-order valence-electron chi connectivity index (χ1n) is 8.34. The predicted octanol–water partition coefficient (Wildman–Crippen LogP) is -3.27. The van der Waals surface area contributed by atoms with Gasteiger partial charge in [-0.2, -0.15) is 0 Å². The normalized spacial score (nSPS) is 11.6. The molecule has 0 aromatic carbocycles. The van der Waals surface area contributed by atoms with Gasteiger partial charge >= 0.3 is 0 Å². The van der Waals surface area contributed by atoms with Gasteiger partial charge in [-0.1, -0.05) is 26.7 Å². The van der Waals surface area contributed by atoms with E-state index < -0.39 is 0 Å². The number of rotatable bonds is 9. The van der Waals surface area contributed by atoms with Crippen LogP contribution >= 0.6 is 0 Å². The number of unbranched alkanes of at least 4 members (excludes halogenated alkanes) is 2. The average Bonchev–Trinajstić information content (AvgIpc) is 3.12. The lowest BCUT2D eigenvalue weighted by Gasteiger charge is -2.04. The van der Waals surface area contributed by atoms with Gasteiger partial charge in [-0.15, -0.1) is 0 Å². The molecule has 0 aliphatic rings. The summed E-state index contributed by atoms with van der Waals surface area (Å²) in [7, 11) is 0. The molecule has 0 radical (unpaired) electrons. The fourth-order valence-corrected chi connectivity index (χ4v) is 2.56. The van der Waals surface area contributed by atoms with E-state index in [-0.39, 0.29) is 48.0 Å². The van der Waals surface area contributed by atoms with E-state index in [0.29, 0.717) is 6.04 Å². The maximum absolute atomic E-state index is 2.31. The SMILES string of the molecule is CCCCn1cc[n+](CC(C)[n+]2ccn(CCCC)c2)c1.[I-].[I-]. The van der Waals surface area contributed by atoms with E-state index in [4.69, 9.17) is 0 Å². The summed E-state index contributed by atoms with van der Waals surface area (Å²) in [5, 5.41) is 0. The first-order valence-corrected chi connectivity index (χ1v) is 8.34. The molecule has 132 valence electrons. The number of hydrogen-bond donors (Lipinski definition) is 0. The van der Waals surface area contributed by atoms with E-state index in [2.05, 4.69) is 76.5 Å². The third-order valence-electron chi connectivity index (χ3n) is 3.98. The Morgan fingerprint density at radius 3 is 2.04 bits per heavy atom. The van der Waals surface area contributed by atoms with Gasteiger partial charge in [-0.25, -0.2) is 18.3 Å². The van der Waals surface area contributed by atoms with Gasteiger partial charge in [-0.05, 0) is 19.8 Å². The summed E-state index contributed by atoms with van der Waals surface area (Å²) in [6.45, 7) is 10.0. The summed E-state index contributed by atoms with van der Waals surface area (Å²) in [5.41, 5.74) is 0. The highest BCUT2D eigenvalue weighted by Crippen LogP contribution is 1.99. The van der Waals surface area contributed by atoms with Gasteiger partial charge < -0.3 is 48.0 Å². The molecule has 4 nitrogen and oxygen atoms in total. The minimum Gasteiger partial charge on any atom is -1.00 e. The van der Waals surface area contributed by atoms with Crippen LogP contribution in [-0.4, -0.2) is 9.13 Å². The van der Waals surface area contributed by atoms with E-state index in [9.17, 15) is 0 Å². The van der Waals surface area contributed by atoms with Crippen molar-refractivity contribution in [2.24, 2.45) is 0 Å². The Labute approximate surface area is 174 Å². The minimum atomic E-state index is 0. The largest absolute Gasteiger partial charge is 1.00 e. The Kier molecular flexibility index (Phi) is 12.2. The van der Waals surface area contributed by atoms with Crippen LogP contribution in [-0.2, 0) is 19.6 Å². The lowest BCUT2D eigenvalue weighted by atomic mass is 10.3. The molecular formula is C17H30I2N4. The van der Waals surface area contributed by atoms with Crippen LogP contribution in [0.1, 0.15) is 52.5 Å². The van der Waals surface area contributed by atoms with Crippen LogP contribution in [0.4, 0.5) is 0 Å². The standard InChI is InChI=1S/C17H30N4.2HI/c1-4-6-8-18-10-11-20(15-18)14-17(3)21-13-12-19(16-21)9-7-5-2;;/h10-13,15-17H,4-9,14H2,1-3H3;2*1H/q+2;;/p-2. The topological polar surface area (TPSA) is 17.6 Å². The van der Waals surface area contributed by atoms with Crippen LogP contribution in [0, 0.1) is 0 Å². The van der Waals surface area contributed by atoms with E-state index in [0.717, 1.165) is 19.6 Å². The Hall–Kier alpha value is -0.120. The van der Waals surface area contributed by atoms with Crippen LogP contribution in [0.5, 0.6) is 0 Å². The second-order valence-corrected chi connectivity index (χ2v) is 6.00. The molecule has 0 aliphatic heterocycles. The van der Waals surface area contributed by atoms with Crippen molar-refractivity contribution in [2.45, 2.75) is 72.1 Å². The summed E-state index contributed by atoms with van der Waals surface area (Å²) in [6, 6.07) is 0.472. The summed E-state index contributed by atoms with van der Waals surface area (Å²) in [5.74, 6) is 0. The molecule has 0 aliphatic carbocycles. The zero-order valence-electron chi connectivity index (χ0n) is 14.5. The van der Waals surface area contributed by atoms with Crippen molar-refractivity contribution in [3.63, 3.8) is 0 Å². The second kappa shape index (κ2) is 12.3. The Balaban J connectivity index is 0.00000242. The van der Waals surface area contributed by atoms with Gasteiger partial charge in [0.25, 0.3) is 0 Å². The highest BCUT2D eigenvalue weighted by atomic mass is 127. The molecule has 2 rings (SSSR count). The van der Waals surface area contributed by atoms with E-state index in [1.54, 1.807) is 0 Å². The summed E-state index contributed by atoms with van der Waals surface area (Å²) < 4.78 is 9.17. The number of aromatic nitrogens is 4. The second-order valence-electron chi connectivity index (χ2n) is 6.00. The molecule has 2 heterocycles. The molecule has 1 unspecified atom stereocenters. The summed E-state index contributed by atoms with van der Waals surface area (Å²) in [4.78, 5) is 0. The Morgan fingerprint density at radius 1 is 0.870 bits per heavy atom. The molecule has 0 saturated carbocycles. The number of aryl methyl sites for hydroxylation is 2. The first-order chi connectivity index (χ1) is 10.2. The molecule has 0 amide bonds. The van der Waals surface area contributed by atoms with Gasteiger partial charge in [-0.3, -0.25) is 0 Å². The van der Waals surface area contributed by atoms with Crippen molar-refractivity contribution in [1.29, 1.82) is 0 Å². The van der Waals surface area contributed by atoms with Crippen molar-refractivity contribution < 1.29 is 57.1 Å². The number of nitrogens with zero attached hydrogens (tertiary/aromatic N) is 4. The molecule has 0 N–H and O–H groups in total. The third-order valence-corrected chi connectivity index (χ3v) is 3.98. The molecule has 2 aromatic heterocycles. The van der Waals surface area contributed by atoms with Gasteiger partial charge in [0.05, 0.1) is 13.1 Å². The fraction of sp³-hybridized carbons (Fsp3) is 0.647. The molecule has 0 spiro atoms. The summed E-state index contributed by atoms with van der Waals surface area (Å²) in [6.07, 6.45) is 18.2. The molecule has 0 bridgehead atoms. The highest BCUT2D eigenvalue weighted by molar-refractivity contribution is 4.68. The number of halogens is 2. The first kappa shape index (κ1) is 22.9. The Morgan fingerprint density at radius 2 is 1.43 bits per heavy atom. The highest BCUT2D eigenvalue weighted by Gasteiger charge is 2.15. The lowest BCUT2D eigenvalue weighted by molar-refractivity contribution is -0.795. The lowest BCUT2D eigenvalue weighted by Crippen LogP contribution is -3.00. The zero-order chi connectivity index (χ0) is 15.1. The molecule has 0 saturated heterocycles. The molecule has 0 fully saturated rings. The minimum absolute atomic E-state index is 0. The average molecular weight is 544 g/mol. The van der Waals surface area contributed by atoms with Crippen LogP contribution < -0.4 is 57.1 Å². The van der Waals surface area contributed by atoms with Crippen LogP contribution in [0.15, 0.2) is 37.4 Å². The van der Waals surface area contributed by atoms with Gasteiger partial charge in [0, 0.05) is 0 Å². The monoisotopic (exact) mass is 544 g/mol. The van der Waals surface area contributed by atoms with E-state index >= 15 is 0 Å². The molecule has 2 aromatic rings. The van der Waals surface area contributed by atoms with Crippen molar-refractivity contribution in [3.8, 4) is 0 Å². The predicted molar refractivity (Wildman–Crippen MR) is 83.8 cm³/mol. The van der Waals surface area contributed by atoms with Crippen molar-refractivity contribution in [2.75, 3.05) is 0 Å². The number of hydrogen-bond acceptors (Lipinski definition) is 0. The fourth-order valence-electron chi connectivity index (χ4n) is 2.56. The van der Waals surface area contributed by atoms with Gasteiger partial charge in [0.1, 0.15) is 37.4 Å². The smallest absolute Gasteiger partial charge is 0.244 e. The third kappa shape index (κ3) is 7.53. The van der Waals surface area contributed by atoms with E-state index in [1.807, 2.05) is 0 Å². The van der Waals surface area contributed by atoms with Crippen LogP contribution in [0.25, 0.3) is 0 Å². The maximum atomic E-state index is 2.31. The van der Waals surface area contributed by atoms with Gasteiger partial charge in [0.2, 0.25) is 12.7 Å². The van der Waals surface area contributed by atoms with E-state index in [1.165, 1.54) is 25.7 Å². The van der Waals surface area contributed by atoms with Crippen molar-refractivity contribution in [3.05, 3.63) is 37.4 Å². The van der Waals surface area contributed by atoms with Gasteiger partial charge in [0.15, 0.2) is 0 Å². The molecule has 23 heavy (non-hydrogen) atoms. The van der Waals surface area contributed by atoms with Crippen molar-refractivity contribution >= 4 is 0 Å². The Bertz CT molecular complexity index is 536. The van der Waals surface area contributed by atoms with Crippen LogP contribution in [0.2, 0.25) is 0 Å².